The summed E-state index contributed by atoms with van der Waals surface area (Å²) < 4.78 is 0. The maximum Gasteiger partial charge on any atom is -0.0195 e. The quantitative estimate of drug-likeness (QED) is 0.558. The second-order valence-electron chi connectivity index (χ2n) is 0. The minimum absolute atomic E-state index is 0. The summed E-state index contributed by atoms with van der Waals surface area (Å²) in [6.45, 7) is 0. The topological polar surface area (TPSA) is 78.1 Å². The van der Waals surface area contributed by atoms with Crippen molar-refractivity contribution < 1.29 is 0 Å². The van der Waals surface area contributed by atoms with Crippen molar-refractivity contribution in [2.24, 2.45) is 17.2 Å². The predicted octanol–water partition coefficient (Wildman–Crippen LogP) is 0.342. The standard InChI is InChI=1S/3CH5N.BrH.ClH.HI/c3*1-2;;;/h3*2H2,1H3;3*1H. The highest BCUT2D eigenvalue weighted by molar-refractivity contribution is 14.0. The zero-order chi connectivity index (χ0) is 6.00. The summed E-state index contributed by atoms with van der Waals surface area (Å²) in [4.78, 5) is 0. The van der Waals surface area contributed by atoms with E-state index in [9.17, 15) is 0 Å². The Morgan fingerprint density at radius 3 is 0.667 bits per heavy atom. The van der Waals surface area contributed by atoms with Crippen LogP contribution in [0, 0.1) is 0 Å². The van der Waals surface area contributed by atoms with Gasteiger partial charge in [0.15, 0.2) is 0 Å². The summed E-state index contributed by atoms with van der Waals surface area (Å²) in [6, 6.07) is 0. The number of rotatable bonds is 0. The van der Waals surface area contributed by atoms with Crippen molar-refractivity contribution in [3.8, 4) is 0 Å². The Balaban J connectivity index is -0.00000000321. The molecule has 0 spiro atoms. The molecule has 3 nitrogen and oxygen atoms in total. The molecule has 0 aliphatic carbocycles. The van der Waals surface area contributed by atoms with Gasteiger partial charge in [-0.2, -0.15) is 0 Å². The molecule has 0 bridgehead atoms. The van der Waals surface area contributed by atoms with Gasteiger partial charge < -0.3 is 17.2 Å². The Morgan fingerprint density at radius 1 is 0.667 bits per heavy atom. The maximum atomic E-state index is 4.50. The van der Waals surface area contributed by atoms with Gasteiger partial charge in [-0.05, 0) is 21.1 Å². The minimum atomic E-state index is 0. The molecule has 0 saturated heterocycles. The van der Waals surface area contributed by atoms with Gasteiger partial charge in [0.1, 0.15) is 0 Å². The van der Waals surface area contributed by atoms with Crippen LogP contribution in [0.15, 0.2) is 0 Å². The summed E-state index contributed by atoms with van der Waals surface area (Å²) in [7, 11) is 4.50. The van der Waals surface area contributed by atoms with Crippen LogP contribution in [0.3, 0.4) is 0 Å². The van der Waals surface area contributed by atoms with Crippen molar-refractivity contribution in [3.63, 3.8) is 0 Å². The molecule has 0 aromatic rings. The van der Waals surface area contributed by atoms with Gasteiger partial charge in [0.05, 0.1) is 0 Å². The van der Waals surface area contributed by atoms with Crippen LogP contribution in [0.4, 0.5) is 0 Å². The van der Waals surface area contributed by atoms with Crippen molar-refractivity contribution in [3.05, 3.63) is 0 Å². The van der Waals surface area contributed by atoms with E-state index in [1.165, 1.54) is 21.1 Å². The molecule has 0 aromatic carbocycles. The molecule has 9 heavy (non-hydrogen) atoms. The lowest BCUT2D eigenvalue weighted by Crippen LogP contribution is -1.69. The van der Waals surface area contributed by atoms with Crippen molar-refractivity contribution in [2.45, 2.75) is 0 Å². The molecule has 0 aromatic heterocycles. The van der Waals surface area contributed by atoms with Crippen LogP contribution in [-0.2, 0) is 0 Å². The van der Waals surface area contributed by atoms with Crippen LogP contribution in [0.25, 0.3) is 0 Å². The maximum absolute atomic E-state index is 4.50. The first-order valence-corrected chi connectivity index (χ1v) is 1.73. The third kappa shape index (κ3) is 268. The lowest BCUT2D eigenvalue weighted by atomic mass is 11.6. The molecular formula is C3H18BrClIN3. The van der Waals surface area contributed by atoms with Gasteiger partial charge in [0.25, 0.3) is 0 Å². The lowest BCUT2D eigenvalue weighted by Gasteiger charge is -1.19. The van der Waals surface area contributed by atoms with E-state index < -0.39 is 0 Å². The normalized spacial score (nSPS) is 2.00. The molecule has 0 radical (unpaired) electrons. The molecular weight excluding hydrogens is 320 g/mol. The molecule has 0 heterocycles. The summed E-state index contributed by atoms with van der Waals surface area (Å²) >= 11 is 0. The van der Waals surface area contributed by atoms with Crippen LogP contribution in [-0.4, -0.2) is 21.1 Å². The first-order chi connectivity index (χ1) is 3.00. The van der Waals surface area contributed by atoms with Gasteiger partial charge in [-0.3, -0.25) is 0 Å². The Hall–Kier alpha value is 1.38. The van der Waals surface area contributed by atoms with Gasteiger partial charge in [-0.25, -0.2) is 0 Å². The first-order valence-electron chi connectivity index (χ1n) is 1.73. The average molecular weight is 338 g/mol. The largest absolute Gasteiger partial charge is 0.333 e. The Morgan fingerprint density at radius 2 is 0.667 bits per heavy atom. The number of hydrogen-bond acceptors (Lipinski definition) is 3. The molecule has 6 heteroatoms. The number of halogens is 3. The fourth-order valence-corrected chi connectivity index (χ4v) is 0. The average Bonchev–Trinajstić information content (AvgIpc) is 1.81. The Kier molecular flexibility index (Phi) is 1830. The smallest absolute Gasteiger partial charge is 0.0195 e. The van der Waals surface area contributed by atoms with Gasteiger partial charge in [0.2, 0.25) is 0 Å². The highest BCUT2D eigenvalue weighted by Gasteiger charge is 0.840. The second kappa shape index (κ2) is 346. The molecule has 6 N–H and O–H groups in total. The Labute approximate surface area is 91.3 Å². The Bertz CT molecular complexity index is 19.0. The van der Waals surface area contributed by atoms with Gasteiger partial charge in [-0.1, -0.05) is 0 Å². The van der Waals surface area contributed by atoms with Crippen molar-refractivity contribution >= 4 is 53.4 Å². The summed E-state index contributed by atoms with van der Waals surface area (Å²) in [5.41, 5.74) is 13.5. The summed E-state index contributed by atoms with van der Waals surface area (Å²) in [6.07, 6.45) is 0. The van der Waals surface area contributed by atoms with Crippen LogP contribution in [0.2, 0.25) is 0 Å². The third-order valence-electron chi connectivity index (χ3n) is 0. The molecule has 0 aliphatic heterocycles. The van der Waals surface area contributed by atoms with Crippen LogP contribution < -0.4 is 17.2 Å². The fraction of sp³-hybridized carbons (Fsp3) is 1.00. The lowest BCUT2D eigenvalue weighted by molar-refractivity contribution is 1.48. The molecule has 0 atom stereocenters. The van der Waals surface area contributed by atoms with E-state index in [1.807, 2.05) is 0 Å². The summed E-state index contributed by atoms with van der Waals surface area (Å²) in [5, 5.41) is 0. The van der Waals surface area contributed by atoms with Crippen LogP contribution >= 0.6 is 53.4 Å². The van der Waals surface area contributed by atoms with E-state index in [-0.39, 0.29) is 53.4 Å². The van der Waals surface area contributed by atoms with Crippen LogP contribution in [0.5, 0.6) is 0 Å². The minimum Gasteiger partial charge on any atom is -0.333 e. The monoisotopic (exact) mass is 337 g/mol. The molecule has 0 aliphatic rings. The van der Waals surface area contributed by atoms with Crippen molar-refractivity contribution in [1.29, 1.82) is 0 Å². The molecule has 0 saturated carbocycles. The zero-order valence-electron chi connectivity index (χ0n) is 5.96. The number of nitrogens with two attached hydrogens (primary N) is 3. The number of hydrogen-bond donors (Lipinski definition) is 3. The van der Waals surface area contributed by atoms with E-state index in [0.29, 0.717) is 0 Å². The third-order valence-corrected chi connectivity index (χ3v) is 0. The molecule has 0 unspecified atom stereocenters. The van der Waals surface area contributed by atoms with Crippen LogP contribution in [0.1, 0.15) is 0 Å². The van der Waals surface area contributed by atoms with Gasteiger partial charge >= 0.3 is 0 Å². The zero-order valence-corrected chi connectivity index (χ0v) is 10.8. The second-order valence-corrected chi connectivity index (χ2v) is 0. The molecule has 66 valence electrons. The van der Waals surface area contributed by atoms with E-state index in [2.05, 4.69) is 17.2 Å². The van der Waals surface area contributed by atoms with Crippen molar-refractivity contribution in [2.75, 3.05) is 21.1 Å². The fourth-order valence-electron chi connectivity index (χ4n) is 0. The highest BCUT2D eigenvalue weighted by atomic mass is 127. The van der Waals surface area contributed by atoms with Crippen molar-refractivity contribution in [1.82, 2.24) is 0 Å². The van der Waals surface area contributed by atoms with E-state index in [1.54, 1.807) is 0 Å². The highest BCUT2D eigenvalue weighted by Crippen LogP contribution is 0.886. The SMILES string of the molecule is Br.CN.CN.CN.Cl.I. The van der Waals surface area contributed by atoms with Gasteiger partial charge in [0, 0.05) is 0 Å². The van der Waals surface area contributed by atoms with Gasteiger partial charge in [-0.15, -0.1) is 53.4 Å². The summed E-state index contributed by atoms with van der Waals surface area (Å²) in [5.74, 6) is 0. The van der Waals surface area contributed by atoms with E-state index >= 15 is 0 Å². The molecule has 0 fully saturated rings. The van der Waals surface area contributed by atoms with E-state index in [4.69, 9.17) is 0 Å². The van der Waals surface area contributed by atoms with E-state index in [0.717, 1.165) is 0 Å². The first kappa shape index (κ1) is 47.6. The molecule has 0 amide bonds. The predicted molar refractivity (Wildman–Crippen MR) is 63.3 cm³/mol. The molecule has 0 rings (SSSR count).